The maximum atomic E-state index is 12.5. The van der Waals surface area contributed by atoms with E-state index in [1.807, 2.05) is 0 Å². The summed E-state index contributed by atoms with van der Waals surface area (Å²) in [5.74, 6) is 0. The zero-order chi connectivity index (χ0) is 14.8. The molecule has 1 aromatic rings. The lowest BCUT2D eigenvalue weighted by Gasteiger charge is -2.12. The van der Waals surface area contributed by atoms with E-state index in [4.69, 9.17) is 0 Å². The molecule has 0 amide bonds. The second kappa shape index (κ2) is 5.06. The number of rotatable bonds is 2. The first-order valence-electron chi connectivity index (χ1n) is 4.88. The molecule has 0 aliphatic carbocycles. The second-order valence-corrected chi connectivity index (χ2v) is 3.80. The highest BCUT2D eigenvalue weighted by atomic mass is 19.4. The molecule has 0 saturated heterocycles. The van der Waals surface area contributed by atoms with Crippen molar-refractivity contribution in [2.75, 3.05) is 14.1 Å². The molecule has 0 bridgehead atoms. The minimum atomic E-state index is -4.89. The van der Waals surface area contributed by atoms with E-state index in [1.54, 1.807) is 0 Å². The number of hydrogen-bond donors (Lipinski definition) is 0. The van der Waals surface area contributed by atoms with Crippen LogP contribution in [0.1, 0.15) is 11.1 Å². The maximum absolute atomic E-state index is 12.5. The Labute approximate surface area is 104 Å². The summed E-state index contributed by atoms with van der Waals surface area (Å²) in [5, 5.41) is 7.82. The van der Waals surface area contributed by atoms with Gasteiger partial charge in [-0.25, -0.2) is 0 Å². The van der Waals surface area contributed by atoms with Crippen LogP contribution in [-0.2, 0) is 12.4 Å². The lowest BCUT2D eigenvalue weighted by Crippen LogP contribution is -2.10. The minimum absolute atomic E-state index is 0.0364. The SMILES string of the molecule is CN(C)N=Nc1cc(C(F)(F)F)cc(C(F)(F)F)c1. The van der Waals surface area contributed by atoms with Crippen LogP contribution in [0.2, 0.25) is 0 Å². The molecule has 106 valence electrons. The molecule has 1 rings (SSSR count). The summed E-state index contributed by atoms with van der Waals surface area (Å²) in [5.41, 5.74) is -3.36. The normalized spacial score (nSPS) is 13.1. The Kier molecular flexibility index (Phi) is 4.06. The summed E-state index contributed by atoms with van der Waals surface area (Å²) in [6.07, 6.45) is -9.77. The molecular weight excluding hydrogens is 276 g/mol. The van der Waals surface area contributed by atoms with E-state index < -0.39 is 29.2 Å². The van der Waals surface area contributed by atoms with Crippen LogP contribution in [0.25, 0.3) is 0 Å². The number of nitrogens with zero attached hydrogens (tertiary/aromatic N) is 3. The van der Waals surface area contributed by atoms with E-state index in [2.05, 4.69) is 10.3 Å². The van der Waals surface area contributed by atoms with Crippen LogP contribution in [0.3, 0.4) is 0 Å². The van der Waals surface area contributed by atoms with Crippen molar-refractivity contribution in [2.24, 2.45) is 10.3 Å². The highest BCUT2D eigenvalue weighted by Gasteiger charge is 2.36. The van der Waals surface area contributed by atoms with Gasteiger partial charge in [0.25, 0.3) is 0 Å². The fraction of sp³-hybridized carbons (Fsp3) is 0.400. The van der Waals surface area contributed by atoms with Gasteiger partial charge < -0.3 is 0 Å². The third-order valence-corrected chi connectivity index (χ3v) is 1.91. The molecule has 0 spiro atoms. The second-order valence-electron chi connectivity index (χ2n) is 3.80. The van der Waals surface area contributed by atoms with Gasteiger partial charge in [0.05, 0.1) is 16.8 Å². The molecular formula is C10H9F6N3. The van der Waals surface area contributed by atoms with Gasteiger partial charge in [-0.15, -0.1) is 5.11 Å². The Bertz CT molecular complexity index is 443. The highest BCUT2D eigenvalue weighted by Crippen LogP contribution is 2.38. The van der Waals surface area contributed by atoms with Gasteiger partial charge in [-0.05, 0) is 18.2 Å². The third kappa shape index (κ3) is 4.42. The zero-order valence-corrected chi connectivity index (χ0v) is 9.84. The van der Waals surface area contributed by atoms with Gasteiger partial charge in [-0.1, -0.05) is 5.22 Å². The van der Waals surface area contributed by atoms with E-state index >= 15 is 0 Å². The van der Waals surface area contributed by atoms with Crippen LogP contribution < -0.4 is 0 Å². The predicted molar refractivity (Wildman–Crippen MR) is 54.6 cm³/mol. The highest BCUT2D eigenvalue weighted by molar-refractivity contribution is 5.45. The van der Waals surface area contributed by atoms with Crippen molar-refractivity contribution >= 4 is 5.69 Å². The number of alkyl halides is 6. The summed E-state index contributed by atoms with van der Waals surface area (Å²) in [6.45, 7) is 0. The summed E-state index contributed by atoms with van der Waals surface area (Å²) >= 11 is 0. The zero-order valence-electron chi connectivity index (χ0n) is 9.84. The first kappa shape index (κ1) is 15.3. The molecule has 0 aliphatic heterocycles. The average molecular weight is 285 g/mol. The van der Waals surface area contributed by atoms with Crippen molar-refractivity contribution < 1.29 is 26.3 Å². The molecule has 3 nitrogen and oxygen atoms in total. The van der Waals surface area contributed by atoms with Crippen molar-refractivity contribution in [2.45, 2.75) is 12.4 Å². The van der Waals surface area contributed by atoms with E-state index in [9.17, 15) is 26.3 Å². The average Bonchev–Trinajstić information content (AvgIpc) is 2.23. The molecule has 0 aromatic heterocycles. The van der Waals surface area contributed by atoms with Crippen LogP contribution in [0.5, 0.6) is 0 Å². The Hall–Kier alpha value is -1.80. The van der Waals surface area contributed by atoms with Crippen molar-refractivity contribution in [3.63, 3.8) is 0 Å². The molecule has 0 heterocycles. The molecule has 0 aliphatic rings. The smallest absolute Gasteiger partial charge is 0.285 e. The molecule has 0 N–H and O–H groups in total. The van der Waals surface area contributed by atoms with Crippen molar-refractivity contribution in [1.29, 1.82) is 0 Å². The molecule has 19 heavy (non-hydrogen) atoms. The fourth-order valence-electron chi connectivity index (χ4n) is 1.14. The van der Waals surface area contributed by atoms with Gasteiger partial charge in [0.15, 0.2) is 0 Å². The van der Waals surface area contributed by atoms with Crippen molar-refractivity contribution in [3.05, 3.63) is 29.3 Å². The summed E-state index contributed by atoms with van der Waals surface area (Å²) in [4.78, 5) is 0. The minimum Gasteiger partial charge on any atom is -0.285 e. The monoisotopic (exact) mass is 285 g/mol. The molecule has 9 heteroatoms. The summed E-state index contributed by atoms with van der Waals surface area (Å²) in [6, 6.07) is 1.04. The van der Waals surface area contributed by atoms with Crippen LogP contribution in [0.4, 0.5) is 32.0 Å². The summed E-state index contributed by atoms with van der Waals surface area (Å²) < 4.78 is 74.9. The standard InChI is InChI=1S/C10H9F6N3/c1-19(2)18-17-8-4-6(9(11,12)13)3-7(5-8)10(14,15)16/h3-5H,1-2H3. The number of halogens is 6. The number of benzene rings is 1. The summed E-state index contributed by atoms with van der Waals surface area (Å²) in [7, 11) is 2.86. The van der Waals surface area contributed by atoms with E-state index in [0.29, 0.717) is 12.1 Å². The predicted octanol–water partition coefficient (Wildman–Crippen LogP) is 4.28. The lowest BCUT2D eigenvalue weighted by atomic mass is 10.1. The van der Waals surface area contributed by atoms with Gasteiger partial charge in [0, 0.05) is 14.1 Å². The van der Waals surface area contributed by atoms with Crippen LogP contribution >= 0.6 is 0 Å². The van der Waals surface area contributed by atoms with Gasteiger partial charge in [-0.3, -0.25) is 5.01 Å². The van der Waals surface area contributed by atoms with Crippen LogP contribution in [-0.4, -0.2) is 19.1 Å². The Morgan fingerprint density at radius 3 is 1.58 bits per heavy atom. The van der Waals surface area contributed by atoms with E-state index in [-0.39, 0.29) is 6.07 Å². The third-order valence-electron chi connectivity index (χ3n) is 1.91. The van der Waals surface area contributed by atoms with E-state index in [0.717, 1.165) is 5.01 Å². The Balaban J connectivity index is 3.33. The van der Waals surface area contributed by atoms with Crippen molar-refractivity contribution in [1.82, 2.24) is 5.01 Å². The molecule has 0 saturated carbocycles. The van der Waals surface area contributed by atoms with E-state index in [1.165, 1.54) is 14.1 Å². The Morgan fingerprint density at radius 1 is 0.842 bits per heavy atom. The van der Waals surface area contributed by atoms with Gasteiger partial charge in [0.1, 0.15) is 0 Å². The first-order valence-corrected chi connectivity index (χ1v) is 4.88. The number of hydrogen-bond acceptors (Lipinski definition) is 2. The van der Waals surface area contributed by atoms with Gasteiger partial charge in [-0.2, -0.15) is 26.3 Å². The topological polar surface area (TPSA) is 28.0 Å². The van der Waals surface area contributed by atoms with Gasteiger partial charge >= 0.3 is 12.4 Å². The molecule has 0 unspecified atom stereocenters. The first-order chi connectivity index (χ1) is 8.50. The largest absolute Gasteiger partial charge is 0.416 e. The molecule has 0 radical (unpaired) electrons. The molecule has 1 aromatic carbocycles. The van der Waals surface area contributed by atoms with Crippen molar-refractivity contribution in [3.8, 4) is 0 Å². The molecule has 0 atom stereocenters. The lowest BCUT2D eigenvalue weighted by molar-refractivity contribution is -0.143. The van der Waals surface area contributed by atoms with Crippen LogP contribution in [0.15, 0.2) is 28.5 Å². The maximum Gasteiger partial charge on any atom is 0.416 e. The van der Waals surface area contributed by atoms with Crippen LogP contribution in [0, 0.1) is 0 Å². The fourth-order valence-corrected chi connectivity index (χ4v) is 1.14. The molecule has 0 fully saturated rings. The quantitative estimate of drug-likeness (QED) is 0.452. The Morgan fingerprint density at radius 2 is 1.26 bits per heavy atom. The van der Waals surface area contributed by atoms with Gasteiger partial charge in [0.2, 0.25) is 0 Å².